The van der Waals surface area contributed by atoms with Crippen molar-refractivity contribution in [1.29, 1.82) is 0 Å². The second-order valence-electron chi connectivity index (χ2n) is 0.516. The fourth-order valence-electron chi connectivity index (χ4n) is 0. The Labute approximate surface area is 139 Å². The molecule has 0 bridgehead atoms. The summed E-state index contributed by atoms with van der Waals surface area (Å²) < 4.78 is 0. The van der Waals surface area contributed by atoms with E-state index in [-0.39, 0.29) is 116 Å². The van der Waals surface area contributed by atoms with Gasteiger partial charge in [0.2, 0.25) is 0 Å². The minimum atomic E-state index is -1.55. The Morgan fingerprint density at radius 3 is 1.57 bits per heavy atom. The van der Waals surface area contributed by atoms with Crippen LogP contribution in [-0.4, -0.2) is 12.6 Å². The fourth-order valence-corrected chi connectivity index (χ4v) is 0. The molecular formula is C2H2O3Rb2. The standard InChI is InChI=1S/C2H3O3.2Rb/c3-1-2(4)5;;/h1H2,(H,4,5);;/q-1;2*+1/p-1. The van der Waals surface area contributed by atoms with Crippen molar-refractivity contribution in [3.05, 3.63) is 0 Å². The number of hydrogen-bond donors (Lipinski definition) is 0. The van der Waals surface area contributed by atoms with E-state index < -0.39 is 12.6 Å². The number of carboxylic acids is 1. The van der Waals surface area contributed by atoms with Gasteiger partial charge in [0.15, 0.2) is 0 Å². The molecule has 0 aliphatic carbocycles. The molecule has 0 rings (SSSR count). The molecule has 5 heteroatoms. The number of rotatable bonds is 1. The zero-order chi connectivity index (χ0) is 4.28. The number of carboxylic acid groups (broad SMARTS) is 1. The van der Waals surface area contributed by atoms with E-state index in [1.807, 2.05) is 0 Å². The first-order chi connectivity index (χ1) is 2.27. The van der Waals surface area contributed by atoms with Crippen LogP contribution < -0.4 is 127 Å². The molecule has 7 heavy (non-hydrogen) atoms. The molecule has 0 aliphatic heterocycles. The number of carbonyl (C=O) groups excluding carboxylic acids is 1. The first kappa shape index (κ1) is 16.6. The van der Waals surface area contributed by atoms with Gasteiger partial charge in [0.05, 0.1) is 0 Å². The van der Waals surface area contributed by atoms with Crippen LogP contribution in [0, 0.1) is 0 Å². The Hall–Kier alpha value is 3.04. The minimum Gasteiger partial charge on any atom is -0.850 e. The number of hydrogen-bond acceptors (Lipinski definition) is 3. The van der Waals surface area contributed by atoms with Gasteiger partial charge in [-0.3, -0.25) is 0 Å². The molecule has 0 radical (unpaired) electrons. The Kier molecular flexibility index (Phi) is 27.9. The topological polar surface area (TPSA) is 63.2 Å². The maximum absolute atomic E-state index is 8.97. The van der Waals surface area contributed by atoms with Crippen molar-refractivity contribution >= 4 is 5.97 Å². The first-order valence-corrected chi connectivity index (χ1v) is 1.05. The molecule has 0 saturated heterocycles. The Morgan fingerprint density at radius 1 is 1.43 bits per heavy atom. The van der Waals surface area contributed by atoms with Gasteiger partial charge in [-0.15, -0.1) is 0 Å². The molecule has 0 fully saturated rings. The minimum absolute atomic E-state index is 0. The smallest absolute Gasteiger partial charge is 0.850 e. The first-order valence-electron chi connectivity index (χ1n) is 1.05. The molecule has 0 aromatic carbocycles. The van der Waals surface area contributed by atoms with Crippen molar-refractivity contribution in [3.63, 3.8) is 0 Å². The third kappa shape index (κ3) is 17.6. The van der Waals surface area contributed by atoms with Crippen molar-refractivity contribution in [1.82, 2.24) is 0 Å². The summed E-state index contributed by atoms with van der Waals surface area (Å²) in [5.74, 6) is -1.55. The predicted molar refractivity (Wildman–Crippen MR) is 9.87 cm³/mol. The van der Waals surface area contributed by atoms with E-state index in [9.17, 15) is 0 Å². The SMILES string of the molecule is O=C([O-])C[O-].[Rb+].[Rb+]. The Bertz CT molecular complexity index is 46.2. The van der Waals surface area contributed by atoms with Crippen LogP contribution in [0.25, 0.3) is 0 Å². The Balaban J connectivity index is -0.0000000800. The van der Waals surface area contributed by atoms with E-state index in [0.717, 1.165) is 0 Å². The van der Waals surface area contributed by atoms with Crippen LogP contribution in [0.5, 0.6) is 0 Å². The van der Waals surface area contributed by atoms with Gasteiger partial charge in [-0.1, -0.05) is 6.61 Å². The summed E-state index contributed by atoms with van der Waals surface area (Å²) in [6.07, 6.45) is 0. The summed E-state index contributed by atoms with van der Waals surface area (Å²) in [5.41, 5.74) is 0. The number of aliphatic carboxylic acids is 1. The second kappa shape index (κ2) is 11.8. The van der Waals surface area contributed by atoms with Crippen molar-refractivity contribution < 1.29 is 131 Å². The number of carbonyl (C=O) groups is 1. The Morgan fingerprint density at radius 2 is 1.57 bits per heavy atom. The van der Waals surface area contributed by atoms with Gasteiger partial charge in [0.1, 0.15) is 0 Å². The van der Waals surface area contributed by atoms with Crippen molar-refractivity contribution in [2.24, 2.45) is 0 Å². The molecular weight excluding hydrogens is 243 g/mol. The van der Waals surface area contributed by atoms with Gasteiger partial charge in [0.25, 0.3) is 0 Å². The molecule has 0 aromatic rings. The van der Waals surface area contributed by atoms with E-state index in [0.29, 0.717) is 0 Å². The molecule has 0 saturated carbocycles. The van der Waals surface area contributed by atoms with Crippen LogP contribution in [0.4, 0.5) is 0 Å². The summed E-state index contributed by atoms with van der Waals surface area (Å²) in [5, 5.41) is 17.9. The van der Waals surface area contributed by atoms with E-state index in [1.165, 1.54) is 0 Å². The molecule has 0 heterocycles. The van der Waals surface area contributed by atoms with Crippen molar-refractivity contribution in [2.75, 3.05) is 6.61 Å². The molecule has 0 unspecified atom stereocenters. The third-order valence-electron chi connectivity index (χ3n) is 0.118. The molecule has 30 valence electrons. The average molecular weight is 245 g/mol. The van der Waals surface area contributed by atoms with Crippen LogP contribution in [0.15, 0.2) is 0 Å². The van der Waals surface area contributed by atoms with Crippen molar-refractivity contribution in [2.45, 2.75) is 0 Å². The summed E-state index contributed by atoms with van der Waals surface area (Å²) in [6.45, 7) is -1.14. The van der Waals surface area contributed by atoms with Gasteiger partial charge in [-0.2, -0.15) is 0 Å². The van der Waals surface area contributed by atoms with Crippen molar-refractivity contribution in [3.8, 4) is 0 Å². The van der Waals surface area contributed by atoms with E-state index in [2.05, 4.69) is 0 Å². The van der Waals surface area contributed by atoms with E-state index >= 15 is 0 Å². The monoisotopic (exact) mass is 244 g/mol. The molecule has 0 aromatic heterocycles. The maximum atomic E-state index is 8.97. The van der Waals surface area contributed by atoms with Gasteiger partial charge < -0.3 is 15.0 Å². The molecule has 0 N–H and O–H groups in total. The molecule has 0 atom stereocenters. The molecule has 0 spiro atoms. The van der Waals surface area contributed by atoms with Crippen LogP contribution in [0.2, 0.25) is 0 Å². The normalized spacial score (nSPS) is 5.29. The fraction of sp³-hybridized carbons (Fsp3) is 0.500. The van der Waals surface area contributed by atoms with Gasteiger partial charge in [-0.05, 0) is 0 Å². The predicted octanol–water partition coefficient (Wildman–Crippen LogP) is -8.90. The summed E-state index contributed by atoms with van der Waals surface area (Å²) in [4.78, 5) is 8.94. The van der Waals surface area contributed by atoms with Crippen LogP contribution in [-0.2, 0) is 4.79 Å². The zero-order valence-corrected chi connectivity index (χ0v) is 14.3. The summed E-state index contributed by atoms with van der Waals surface area (Å²) >= 11 is 0. The third-order valence-corrected chi connectivity index (χ3v) is 0.118. The van der Waals surface area contributed by atoms with Gasteiger partial charge >= 0.3 is 116 Å². The van der Waals surface area contributed by atoms with Crippen LogP contribution in [0.3, 0.4) is 0 Å². The largest absolute Gasteiger partial charge is 1.00 e. The quantitative estimate of drug-likeness (QED) is 0.461. The second-order valence-corrected chi connectivity index (χ2v) is 0.516. The van der Waals surface area contributed by atoms with Crippen LogP contribution >= 0.6 is 0 Å². The summed E-state index contributed by atoms with van der Waals surface area (Å²) in [7, 11) is 0. The molecule has 0 aliphatic rings. The maximum Gasteiger partial charge on any atom is 1.00 e. The van der Waals surface area contributed by atoms with E-state index in [4.69, 9.17) is 15.0 Å². The van der Waals surface area contributed by atoms with Gasteiger partial charge in [-0.25, -0.2) is 0 Å². The molecule has 0 amide bonds. The van der Waals surface area contributed by atoms with Gasteiger partial charge in [0, 0.05) is 5.97 Å². The average Bonchev–Trinajstić information content (AvgIpc) is 1.38. The summed E-state index contributed by atoms with van der Waals surface area (Å²) in [6, 6.07) is 0. The van der Waals surface area contributed by atoms with E-state index in [1.54, 1.807) is 0 Å². The molecule has 3 nitrogen and oxygen atoms in total. The van der Waals surface area contributed by atoms with Crippen LogP contribution in [0.1, 0.15) is 0 Å². The zero-order valence-electron chi connectivity index (χ0n) is 4.43.